The number of aromatic nitrogens is 2. The third-order valence-electron chi connectivity index (χ3n) is 4.98. The van der Waals surface area contributed by atoms with Crippen molar-refractivity contribution in [2.24, 2.45) is 10.1 Å². The molecule has 0 unspecified atom stereocenters. The highest BCUT2D eigenvalue weighted by Gasteiger charge is 2.09. The molecule has 0 amide bonds. The van der Waals surface area contributed by atoms with Gasteiger partial charge >= 0.3 is 0 Å². The third kappa shape index (κ3) is 4.92. The summed E-state index contributed by atoms with van der Waals surface area (Å²) in [6.45, 7) is 1.32. The number of fused-ring (bicyclic) bond motifs is 1. The Hall–Kier alpha value is -3.78. The van der Waals surface area contributed by atoms with E-state index in [1.54, 1.807) is 23.7 Å². The number of pyridine rings is 1. The van der Waals surface area contributed by atoms with E-state index in [1.807, 2.05) is 42.8 Å². The van der Waals surface area contributed by atoms with Gasteiger partial charge in [-0.2, -0.15) is 5.10 Å². The van der Waals surface area contributed by atoms with Crippen LogP contribution in [-0.2, 0) is 11.2 Å². The van der Waals surface area contributed by atoms with E-state index in [1.165, 1.54) is 0 Å². The molecule has 0 aliphatic carbocycles. The summed E-state index contributed by atoms with van der Waals surface area (Å²) < 4.78 is 6.94. The van der Waals surface area contributed by atoms with Crippen molar-refractivity contribution in [2.45, 2.75) is 12.8 Å². The maximum Gasteiger partial charge on any atom is 0.189 e. The molecule has 5 rings (SSSR count). The second-order valence-electron chi connectivity index (χ2n) is 7.26. The number of ether oxygens (including phenoxy) is 1. The number of anilines is 2. The van der Waals surface area contributed by atoms with Crippen molar-refractivity contribution in [1.82, 2.24) is 15.4 Å². The summed E-state index contributed by atoms with van der Waals surface area (Å²) >= 11 is 1.61. The monoisotopic (exact) mass is 442 g/mol. The fourth-order valence-electron chi connectivity index (χ4n) is 3.38. The minimum Gasteiger partial charge on any atom is -0.492 e. The van der Waals surface area contributed by atoms with Crippen LogP contribution >= 0.6 is 11.3 Å². The van der Waals surface area contributed by atoms with E-state index in [0.717, 1.165) is 63.0 Å². The molecule has 0 atom stereocenters. The van der Waals surface area contributed by atoms with Crippen molar-refractivity contribution in [3.8, 4) is 0 Å². The normalized spacial score (nSPS) is 15.1. The zero-order valence-electron chi connectivity index (χ0n) is 17.4. The molecule has 0 spiro atoms. The van der Waals surface area contributed by atoms with E-state index in [-0.39, 0.29) is 0 Å². The lowest BCUT2D eigenvalue weighted by atomic mass is 10.1. The molecular weight excluding hydrogens is 420 g/mol. The molecule has 160 valence electrons. The number of hydrazone groups is 1. The first kappa shape index (κ1) is 20.1. The van der Waals surface area contributed by atoms with Crippen molar-refractivity contribution < 1.29 is 4.74 Å². The topological polar surface area (TPSA) is 83.8 Å². The van der Waals surface area contributed by atoms with Crippen LogP contribution in [0.15, 0.2) is 76.8 Å². The number of nitrogens with one attached hydrogen (secondary N) is 2. The molecule has 2 N–H and O–H groups in total. The van der Waals surface area contributed by atoms with E-state index in [0.29, 0.717) is 6.61 Å². The van der Waals surface area contributed by atoms with Crippen LogP contribution in [0, 0.1) is 0 Å². The van der Waals surface area contributed by atoms with E-state index in [9.17, 15) is 0 Å². The Morgan fingerprint density at radius 3 is 3.12 bits per heavy atom. The lowest BCUT2D eigenvalue weighted by molar-refractivity contribution is 0.227. The maximum absolute atomic E-state index is 5.82. The molecule has 0 bridgehead atoms. The first-order valence-electron chi connectivity index (χ1n) is 10.4. The van der Waals surface area contributed by atoms with Gasteiger partial charge in [0.15, 0.2) is 5.13 Å². The van der Waals surface area contributed by atoms with Gasteiger partial charge in [-0.3, -0.25) is 4.99 Å². The van der Waals surface area contributed by atoms with E-state index >= 15 is 0 Å². The molecule has 7 nitrogen and oxygen atoms in total. The van der Waals surface area contributed by atoms with E-state index in [2.05, 4.69) is 44.0 Å². The van der Waals surface area contributed by atoms with Crippen LogP contribution in [0.4, 0.5) is 10.9 Å². The molecule has 2 aliphatic heterocycles. The molecule has 2 aliphatic rings. The van der Waals surface area contributed by atoms with Crippen molar-refractivity contribution >= 4 is 50.5 Å². The van der Waals surface area contributed by atoms with Crippen LogP contribution in [0.5, 0.6) is 0 Å². The fraction of sp³-hybridized carbons (Fsp3) is 0.167. The summed E-state index contributed by atoms with van der Waals surface area (Å²) in [5.41, 5.74) is 7.30. The molecule has 0 saturated carbocycles. The van der Waals surface area contributed by atoms with Gasteiger partial charge in [0.2, 0.25) is 0 Å². The number of hydrogen-bond donors (Lipinski definition) is 2. The van der Waals surface area contributed by atoms with Gasteiger partial charge in [0, 0.05) is 25.3 Å². The van der Waals surface area contributed by atoms with Crippen molar-refractivity contribution in [3.05, 3.63) is 77.8 Å². The SMILES string of the molecule is C1=CC(OCCc2ccnc(Nc3nc4ccc(C5=CCNN=C5)cc4s3)c2)=CN=CC1. The quantitative estimate of drug-likeness (QED) is 0.547. The standard InChI is InChI=1S/C24H22N6OS/c1-2-9-25-16-20(3-1)31-12-8-17-6-10-26-23(13-17)30-24-29-21-5-4-18(14-22(21)32-24)19-7-11-27-28-15-19/h1,3-7,9-10,13-16,27H,2,8,11-12H2,(H,26,29,30). The predicted molar refractivity (Wildman–Crippen MR) is 132 cm³/mol. The highest BCUT2D eigenvalue weighted by Crippen LogP contribution is 2.30. The second kappa shape index (κ2) is 9.57. The molecular formula is C24H22N6OS. The largest absolute Gasteiger partial charge is 0.492 e. The minimum absolute atomic E-state index is 0.577. The Morgan fingerprint density at radius 2 is 2.19 bits per heavy atom. The lowest BCUT2D eigenvalue weighted by Crippen LogP contribution is -2.10. The zero-order chi connectivity index (χ0) is 21.6. The van der Waals surface area contributed by atoms with Gasteiger partial charge in [0.25, 0.3) is 0 Å². The smallest absolute Gasteiger partial charge is 0.189 e. The Morgan fingerprint density at radius 1 is 1.19 bits per heavy atom. The van der Waals surface area contributed by atoms with Gasteiger partial charge in [-0.1, -0.05) is 29.6 Å². The first-order chi connectivity index (χ1) is 15.8. The number of rotatable bonds is 7. The van der Waals surface area contributed by atoms with E-state index < -0.39 is 0 Å². The van der Waals surface area contributed by atoms with Crippen molar-refractivity contribution in [3.63, 3.8) is 0 Å². The second-order valence-corrected chi connectivity index (χ2v) is 8.29. The summed E-state index contributed by atoms with van der Waals surface area (Å²) in [6.07, 6.45) is 15.0. The summed E-state index contributed by atoms with van der Waals surface area (Å²) in [7, 11) is 0. The van der Waals surface area contributed by atoms with Gasteiger partial charge < -0.3 is 15.5 Å². The Kier molecular flexibility index (Phi) is 6.02. The average molecular weight is 443 g/mol. The molecule has 0 fully saturated rings. The summed E-state index contributed by atoms with van der Waals surface area (Å²) in [4.78, 5) is 13.3. The third-order valence-corrected chi connectivity index (χ3v) is 5.91. The number of thiazole rings is 1. The highest BCUT2D eigenvalue weighted by molar-refractivity contribution is 7.22. The summed E-state index contributed by atoms with van der Waals surface area (Å²) in [6, 6.07) is 10.3. The van der Waals surface area contributed by atoms with Crippen LogP contribution in [0.1, 0.15) is 17.5 Å². The van der Waals surface area contributed by atoms with Gasteiger partial charge in [-0.15, -0.1) is 0 Å². The van der Waals surface area contributed by atoms with Gasteiger partial charge in [-0.25, -0.2) is 9.97 Å². The van der Waals surface area contributed by atoms with Crippen molar-refractivity contribution in [2.75, 3.05) is 18.5 Å². The van der Waals surface area contributed by atoms with Crippen LogP contribution in [0.3, 0.4) is 0 Å². The molecule has 4 heterocycles. The molecule has 2 aromatic heterocycles. The van der Waals surface area contributed by atoms with Crippen LogP contribution in [0.2, 0.25) is 0 Å². The molecule has 3 aromatic rings. The molecule has 8 heteroatoms. The highest BCUT2D eigenvalue weighted by atomic mass is 32.1. The van der Waals surface area contributed by atoms with E-state index in [4.69, 9.17) is 9.72 Å². The molecule has 0 radical (unpaired) electrons. The van der Waals surface area contributed by atoms with Gasteiger partial charge in [-0.05, 0) is 47.0 Å². The number of hydrogen-bond acceptors (Lipinski definition) is 8. The first-order valence-corrected chi connectivity index (χ1v) is 11.3. The summed E-state index contributed by atoms with van der Waals surface area (Å²) in [5.74, 6) is 1.56. The van der Waals surface area contributed by atoms with Crippen LogP contribution in [0.25, 0.3) is 15.8 Å². The number of allylic oxidation sites excluding steroid dienone is 3. The zero-order valence-corrected chi connectivity index (χ0v) is 18.2. The van der Waals surface area contributed by atoms with Gasteiger partial charge in [0.05, 0.1) is 35.8 Å². The minimum atomic E-state index is 0.577. The average Bonchev–Trinajstić information content (AvgIpc) is 3.04. The Labute approximate surface area is 190 Å². The van der Waals surface area contributed by atoms with Crippen LogP contribution < -0.4 is 10.7 Å². The maximum atomic E-state index is 5.82. The van der Waals surface area contributed by atoms with Crippen LogP contribution in [-0.4, -0.2) is 35.5 Å². The number of nitrogens with zero attached hydrogens (tertiary/aromatic N) is 4. The Balaban J connectivity index is 1.24. The van der Waals surface area contributed by atoms with Crippen molar-refractivity contribution in [1.29, 1.82) is 0 Å². The number of aliphatic imine (C=N–C) groups is 1. The molecule has 0 saturated heterocycles. The summed E-state index contributed by atoms with van der Waals surface area (Å²) in [5, 5.41) is 8.30. The predicted octanol–water partition coefficient (Wildman–Crippen LogP) is 4.84. The lowest BCUT2D eigenvalue weighted by Gasteiger charge is -2.07. The number of benzene rings is 1. The molecule has 1 aromatic carbocycles. The Bertz CT molecular complexity index is 1270. The molecule has 32 heavy (non-hydrogen) atoms. The van der Waals surface area contributed by atoms with Gasteiger partial charge in [0.1, 0.15) is 11.6 Å². The fourth-order valence-corrected chi connectivity index (χ4v) is 4.29.